The van der Waals surface area contributed by atoms with E-state index < -0.39 is 16.1 Å². The van der Waals surface area contributed by atoms with Crippen molar-refractivity contribution < 1.29 is 17.9 Å². The van der Waals surface area contributed by atoms with Gasteiger partial charge in [-0.2, -0.15) is 0 Å². The second-order valence-electron chi connectivity index (χ2n) is 8.12. The fourth-order valence-corrected chi connectivity index (χ4v) is 6.95. The van der Waals surface area contributed by atoms with E-state index in [4.69, 9.17) is 39.5 Å². The summed E-state index contributed by atoms with van der Waals surface area (Å²) in [6, 6.07) is 7.97. The van der Waals surface area contributed by atoms with E-state index in [0.717, 1.165) is 55.9 Å². The van der Waals surface area contributed by atoms with Gasteiger partial charge in [0.15, 0.2) is 0 Å². The van der Waals surface area contributed by atoms with Crippen molar-refractivity contribution in [1.82, 2.24) is 14.5 Å². The molecule has 0 radical (unpaired) electrons. The number of carbonyl (C=O) groups excluding carboxylic acids is 1. The van der Waals surface area contributed by atoms with Crippen molar-refractivity contribution in [2.45, 2.75) is 42.0 Å². The lowest BCUT2D eigenvalue weighted by Gasteiger charge is -2.41. The molecule has 2 fully saturated rings. The van der Waals surface area contributed by atoms with E-state index in [1.54, 1.807) is 17.0 Å². The molecule has 2 saturated heterocycles. The SMILES string of the molecule is O=C(NS(=O)(=O)c1ccc(Cl)s1)N1CCC(N2CCC(Oc3ccc(Cl)c(Cl)c3)CC2)CC1. The third-order valence-electron chi connectivity index (χ3n) is 5.97. The van der Waals surface area contributed by atoms with Crippen LogP contribution in [0, 0.1) is 0 Å². The fourth-order valence-electron chi connectivity index (χ4n) is 4.21. The monoisotopic (exact) mass is 551 g/mol. The Morgan fingerprint density at radius 2 is 1.67 bits per heavy atom. The van der Waals surface area contributed by atoms with Crippen LogP contribution in [0.2, 0.25) is 14.4 Å². The number of nitrogens with one attached hydrogen (secondary N) is 1. The molecule has 7 nitrogen and oxygen atoms in total. The number of halogens is 3. The smallest absolute Gasteiger partial charge is 0.331 e. The number of hydrogen-bond acceptors (Lipinski definition) is 6. The number of carbonyl (C=O) groups is 1. The summed E-state index contributed by atoms with van der Waals surface area (Å²) < 4.78 is 33.3. The molecule has 1 N–H and O–H groups in total. The van der Waals surface area contributed by atoms with Gasteiger partial charge >= 0.3 is 6.03 Å². The van der Waals surface area contributed by atoms with E-state index in [0.29, 0.717) is 33.5 Å². The Morgan fingerprint density at radius 3 is 2.27 bits per heavy atom. The van der Waals surface area contributed by atoms with Gasteiger partial charge in [-0.1, -0.05) is 34.8 Å². The first-order valence-electron chi connectivity index (χ1n) is 10.6. The van der Waals surface area contributed by atoms with Gasteiger partial charge in [-0.3, -0.25) is 4.90 Å². The molecule has 0 saturated carbocycles. The predicted molar refractivity (Wildman–Crippen MR) is 131 cm³/mol. The molecule has 3 heterocycles. The first-order chi connectivity index (χ1) is 15.7. The molecular weight excluding hydrogens is 529 g/mol. The first kappa shape index (κ1) is 24.9. The van der Waals surface area contributed by atoms with Gasteiger partial charge in [-0.25, -0.2) is 17.9 Å². The Morgan fingerprint density at radius 1 is 0.970 bits per heavy atom. The highest BCUT2D eigenvalue weighted by molar-refractivity contribution is 7.92. The third-order valence-corrected chi connectivity index (χ3v) is 9.76. The highest BCUT2D eigenvalue weighted by Gasteiger charge is 2.31. The van der Waals surface area contributed by atoms with Gasteiger partial charge in [0.2, 0.25) is 0 Å². The minimum atomic E-state index is -3.91. The Hall–Kier alpha value is -1.23. The van der Waals surface area contributed by atoms with Crippen molar-refractivity contribution >= 4 is 62.2 Å². The normalized spacial score (nSPS) is 18.9. The molecule has 1 aromatic carbocycles. The average Bonchev–Trinajstić information content (AvgIpc) is 3.24. The van der Waals surface area contributed by atoms with Crippen LogP contribution in [0.25, 0.3) is 0 Å². The van der Waals surface area contributed by atoms with Gasteiger partial charge < -0.3 is 9.64 Å². The second kappa shape index (κ2) is 10.6. The summed E-state index contributed by atoms with van der Waals surface area (Å²) in [6.45, 7) is 2.85. The van der Waals surface area contributed by atoms with Crippen molar-refractivity contribution in [3.63, 3.8) is 0 Å². The van der Waals surface area contributed by atoms with E-state index >= 15 is 0 Å². The van der Waals surface area contributed by atoms with Gasteiger partial charge in [0.05, 0.1) is 14.4 Å². The van der Waals surface area contributed by atoms with E-state index in [1.165, 1.54) is 12.1 Å². The highest BCUT2D eigenvalue weighted by atomic mass is 35.5. The lowest BCUT2D eigenvalue weighted by atomic mass is 9.99. The summed E-state index contributed by atoms with van der Waals surface area (Å²) in [4.78, 5) is 16.5. The summed E-state index contributed by atoms with van der Waals surface area (Å²) in [5, 5.41) is 0.988. The molecule has 180 valence electrons. The molecule has 1 aromatic heterocycles. The summed E-state index contributed by atoms with van der Waals surface area (Å²) >= 11 is 18.8. The number of hydrogen-bond donors (Lipinski definition) is 1. The van der Waals surface area contributed by atoms with Gasteiger partial charge in [-0.15, -0.1) is 11.3 Å². The zero-order valence-corrected chi connectivity index (χ0v) is 21.6. The number of nitrogens with zero attached hydrogens (tertiary/aromatic N) is 2. The summed E-state index contributed by atoms with van der Waals surface area (Å²) in [5.41, 5.74) is 0. The van der Waals surface area contributed by atoms with Crippen LogP contribution in [-0.2, 0) is 10.0 Å². The summed E-state index contributed by atoms with van der Waals surface area (Å²) in [5.74, 6) is 0.724. The van der Waals surface area contributed by atoms with E-state index in [1.807, 2.05) is 6.07 Å². The maximum atomic E-state index is 12.5. The maximum absolute atomic E-state index is 12.5. The summed E-state index contributed by atoms with van der Waals surface area (Å²) in [6.07, 6.45) is 3.54. The van der Waals surface area contributed by atoms with Gasteiger partial charge in [0.1, 0.15) is 16.1 Å². The predicted octanol–water partition coefficient (Wildman–Crippen LogP) is 5.11. The minimum absolute atomic E-state index is 0.0293. The molecule has 2 amide bonds. The number of ether oxygens (including phenoxy) is 1. The number of rotatable bonds is 5. The average molecular weight is 553 g/mol. The standard InChI is InChI=1S/C21H24Cl3N3O4S2/c22-17-2-1-16(13-18(17)23)31-15-7-11-26(12-8-15)14-5-9-27(10-6-14)21(28)25-33(29,30)20-4-3-19(24)32-20/h1-4,13-15H,5-12H2,(H,25,28). The van der Waals surface area contributed by atoms with Gasteiger partial charge in [0, 0.05) is 38.3 Å². The van der Waals surface area contributed by atoms with E-state index in [-0.39, 0.29) is 10.3 Å². The summed E-state index contributed by atoms with van der Waals surface area (Å²) in [7, 11) is -3.91. The van der Waals surface area contributed by atoms with Crippen LogP contribution >= 0.6 is 46.1 Å². The second-order valence-corrected chi connectivity index (χ2v) is 12.6. The molecule has 4 rings (SSSR count). The number of likely N-dealkylation sites (tertiary alicyclic amines) is 2. The Kier molecular flexibility index (Phi) is 7.98. The van der Waals surface area contributed by atoms with Crippen LogP contribution in [0.5, 0.6) is 5.75 Å². The lowest BCUT2D eigenvalue weighted by molar-refractivity contribution is 0.0540. The number of amides is 2. The maximum Gasteiger partial charge on any atom is 0.331 e. The van der Waals surface area contributed by atoms with Crippen LogP contribution in [0.15, 0.2) is 34.5 Å². The number of thiophene rings is 1. The zero-order chi connectivity index (χ0) is 23.6. The molecule has 0 bridgehead atoms. The van der Waals surface area contributed by atoms with Crippen molar-refractivity contribution in [3.8, 4) is 5.75 Å². The largest absolute Gasteiger partial charge is 0.490 e. The van der Waals surface area contributed by atoms with Crippen LogP contribution in [0.1, 0.15) is 25.7 Å². The van der Waals surface area contributed by atoms with Crippen molar-refractivity contribution in [1.29, 1.82) is 0 Å². The van der Waals surface area contributed by atoms with Crippen molar-refractivity contribution in [3.05, 3.63) is 44.7 Å². The minimum Gasteiger partial charge on any atom is -0.490 e. The van der Waals surface area contributed by atoms with Crippen molar-refractivity contribution in [2.75, 3.05) is 26.2 Å². The molecule has 0 spiro atoms. The van der Waals surface area contributed by atoms with Gasteiger partial charge in [0.25, 0.3) is 10.0 Å². The Bertz CT molecular complexity index is 1100. The number of sulfonamides is 1. The van der Waals surface area contributed by atoms with Crippen LogP contribution in [-0.4, -0.2) is 62.6 Å². The van der Waals surface area contributed by atoms with E-state index in [9.17, 15) is 13.2 Å². The molecule has 0 atom stereocenters. The molecule has 2 aromatic rings. The lowest BCUT2D eigenvalue weighted by Crippen LogP contribution is -2.52. The topological polar surface area (TPSA) is 79.0 Å². The van der Waals surface area contributed by atoms with Crippen LogP contribution < -0.4 is 9.46 Å². The molecule has 0 unspecified atom stereocenters. The number of piperidine rings is 2. The molecule has 33 heavy (non-hydrogen) atoms. The van der Waals surface area contributed by atoms with Crippen LogP contribution in [0.3, 0.4) is 0 Å². The third kappa shape index (κ3) is 6.26. The van der Waals surface area contributed by atoms with Crippen molar-refractivity contribution in [2.24, 2.45) is 0 Å². The molecule has 2 aliphatic rings. The first-order valence-corrected chi connectivity index (χ1v) is 14.1. The van der Waals surface area contributed by atoms with Gasteiger partial charge in [-0.05, 0) is 49.9 Å². The molecule has 0 aliphatic carbocycles. The Balaban J connectivity index is 1.22. The highest BCUT2D eigenvalue weighted by Crippen LogP contribution is 2.29. The quantitative estimate of drug-likeness (QED) is 0.557. The zero-order valence-electron chi connectivity index (χ0n) is 17.7. The van der Waals surface area contributed by atoms with E-state index in [2.05, 4.69) is 9.62 Å². The number of benzene rings is 1. The molecule has 12 heteroatoms. The van der Waals surface area contributed by atoms with Crippen LogP contribution in [0.4, 0.5) is 4.79 Å². The Labute approximate surface area is 212 Å². The fraction of sp³-hybridized carbons (Fsp3) is 0.476. The molecular formula is C21H24Cl3N3O4S2. The molecule has 2 aliphatic heterocycles. The number of urea groups is 1.